The van der Waals surface area contributed by atoms with E-state index in [9.17, 15) is 4.79 Å². The van der Waals surface area contributed by atoms with E-state index in [1.165, 1.54) is 5.56 Å². The highest BCUT2D eigenvalue weighted by atomic mass is 32.1. The van der Waals surface area contributed by atoms with Crippen LogP contribution in [0.3, 0.4) is 0 Å². The molecule has 5 aromatic rings. The minimum absolute atomic E-state index is 0.0366. The fraction of sp³-hybridized carbons (Fsp3) is 0.0400. The van der Waals surface area contributed by atoms with Gasteiger partial charge in [-0.05, 0) is 28.8 Å². The second-order valence-corrected chi connectivity index (χ2v) is 7.96. The van der Waals surface area contributed by atoms with E-state index in [1.807, 2.05) is 76.8 Å². The zero-order valence-corrected chi connectivity index (χ0v) is 17.0. The van der Waals surface area contributed by atoms with Gasteiger partial charge in [0.15, 0.2) is 4.96 Å². The zero-order valence-electron chi connectivity index (χ0n) is 16.2. The summed E-state index contributed by atoms with van der Waals surface area (Å²) < 4.78 is 2.00. The van der Waals surface area contributed by atoms with E-state index in [-0.39, 0.29) is 5.91 Å². The highest BCUT2D eigenvalue weighted by Crippen LogP contribution is 2.24. The van der Waals surface area contributed by atoms with E-state index in [4.69, 9.17) is 0 Å². The summed E-state index contributed by atoms with van der Waals surface area (Å²) in [5.41, 5.74) is 5.95. The molecule has 30 heavy (non-hydrogen) atoms. The van der Waals surface area contributed by atoms with E-state index in [0.29, 0.717) is 6.42 Å². The van der Waals surface area contributed by atoms with Crippen molar-refractivity contribution in [2.24, 2.45) is 0 Å². The van der Waals surface area contributed by atoms with Gasteiger partial charge < -0.3 is 5.32 Å². The van der Waals surface area contributed by atoms with Gasteiger partial charge in [-0.1, -0.05) is 66.7 Å². The van der Waals surface area contributed by atoms with Gasteiger partial charge >= 0.3 is 0 Å². The quantitative estimate of drug-likeness (QED) is 0.392. The Morgan fingerprint density at radius 1 is 0.900 bits per heavy atom. The third-order valence-corrected chi connectivity index (χ3v) is 5.73. The van der Waals surface area contributed by atoms with E-state index in [2.05, 4.69) is 34.6 Å². The van der Waals surface area contributed by atoms with Crippen LogP contribution in [0.4, 0.5) is 5.69 Å². The highest BCUT2D eigenvalue weighted by Gasteiger charge is 2.08. The molecule has 0 spiro atoms. The van der Waals surface area contributed by atoms with Crippen LogP contribution >= 0.6 is 11.3 Å². The number of nitrogens with one attached hydrogen (secondary N) is 1. The summed E-state index contributed by atoms with van der Waals surface area (Å²) >= 11 is 1.60. The Labute approximate surface area is 178 Å². The van der Waals surface area contributed by atoms with Gasteiger partial charge in [-0.25, -0.2) is 4.98 Å². The largest absolute Gasteiger partial charge is 0.326 e. The van der Waals surface area contributed by atoms with Crippen LogP contribution in [0.2, 0.25) is 0 Å². The number of amides is 1. The van der Waals surface area contributed by atoms with E-state index >= 15 is 0 Å². The van der Waals surface area contributed by atoms with Crippen molar-refractivity contribution in [3.8, 4) is 22.4 Å². The summed E-state index contributed by atoms with van der Waals surface area (Å²) in [6.07, 6.45) is 4.33. The molecule has 2 heterocycles. The highest BCUT2D eigenvalue weighted by molar-refractivity contribution is 7.15. The van der Waals surface area contributed by atoms with Gasteiger partial charge in [-0.3, -0.25) is 9.20 Å². The maximum atomic E-state index is 12.6. The maximum absolute atomic E-state index is 12.6. The molecule has 0 atom stereocenters. The van der Waals surface area contributed by atoms with E-state index in [1.54, 1.807) is 11.3 Å². The molecule has 0 fully saturated rings. The predicted molar refractivity (Wildman–Crippen MR) is 123 cm³/mol. The first kappa shape index (κ1) is 18.3. The Morgan fingerprint density at radius 2 is 1.67 bits per heavy atom. The van der Waals surface area contributed by atoms with Crippen LogP contribution < -0.4 is 5.32 Å². The lowest BCUT2D eigenvalue weighted by atomic mass is 10.0. The SMILES string of the molecule is O=C(Cc1ccc(-c2ccccc2)cc1)Nc1cccc(-c2cn3ccsc3n2)c1. The monoisotopic (exact) mass is 409 g/mol. The average Bonchev–Trinajstić information content (AvgIpc) is 3.38. The van der Waals surface area contributed by atoms with Crippen LogP contribution in [0.1, 0.15) is 5.56 Å². The van der Waals surface area contributed by atoms with Crippen molar-refractivity contribution in [3.05, 3.63) is 102 Å². The normalized spacial score (nSPS) is 10.9. The number of hydrogen-bond acceptors (Lipinski definition) is 3. The summed E-state index contributed by atoms with van der Waals surface area (Å²) in [5.74, 6) is -0.0366. The van der Waals surface area contributed by atoms with Gasteiger partial charge in [0, 0.05) is 29.0 Å². The molecule has 5 heteroatoms. The number of rotatable bonds is 5. The van der Waals surface area contributed by atoms with Crippen LogP contribution in [0.15, 0.2) is 96.6 Å². The van der Waals surface area contributed by atoms with Crippen molar-refractivity contribution in [2.45, 2.75) is 6.42 Å². The van der Waals surface area contributed by atoms with E-state index < -0.39 is 0 Å². The number of fused-ring (bicyclic) bond motifs is 1. The molecule has 0 radical (unpaired) electrons. The molecule has 0 aliphatic rings. The molecule has 0 aliphatic carbocycles. The number of benzene rings is 3. The summed E-state index contributed by atoms with van der Waals surface area (Å²) in [5, 5.41) is 5.01. The van der Waals surface area contributed by atoms with Gasteiger partial charge in [0.25, 0.3) is 0 Å². The van der Waals surface area contributed by atoms with Gasteiger partial charge in [-0.15, -0.1) is 11.3 Å². The summed E-state index contributed by atoms with van der Waals surface area (Å²) in [7, 11) is 0. The van der Waals surface area contributed by atoms with Crippen LogP contribution in [-0.4, -0.2) is 15.3 Å². The van der Waals surface area contributed by atoms with Gasteiger partial charge in [0.1, 0.15) is 0 Å². The van der Waals surface area contributed by atoms with Crippen LogP contribution in [-0.2, 0) is 11.2 Å². The Hall–Kier alpha value is -3.70. The molecule has 0 saturated heterocycles. The number of carbonyl (C=O) groups is 1. The van der Waals surface area contributed by atoms with Crippen molar-refractivity contribution in [2.75, 3.05) is 5.32 Å². The number of hydrogen-bond donors (Lipinski definition) is 1. The molecule has 1 N–H and O–H groups in total. The molecule has 2 aromatic heterocycles. The Balaban J connectivity index is 1.27. The fourth-order valence-corrected chi connectivity index (χ4v) is 4.16. The molecule has 0 bridgehead atoms. The van der Waals surface area contributed by atoms with Gasteiger partial charge in [-0.2, -0.15) is 0 Å². The first-order chi connectivity index (χ1) is 14.7. The van der Waals surface area contributed by atoms with Crippen LogP contribution in [0.25, 0.3) is 27.3 Å². The smallest absolute Gasteiger partial charge is 0.228 e. The van der Waals surface area contributed by atoms with Crippen molar-refractivity contribution in [1.82, 2.24) is 9.38 Å². The summed E-state index contributed by atoms with van der Waals surface area (Å²) in [4.78, 5) is 18.1. The lowest BCUT2D eigenvalue weighted by Gasteiger charge is -2.08. The Bertz CT molecular complexity index is 1270. The number of aromatic nitrogens is 2. The third kappa shape index (κ3) is 3.88. The number of thiazole rings is 1. The number of imidazole rings is 1. The van der Waals surface area contributed by atoms with Crippen LogP contribution in [0.5, 0.6) is 0 Å². The Morgan fingerprint density at radius 3 is 2.47 bits per heavy atom. The minimum atomic E-state index is -0.0366. The van der Waals surface area contributed by atoms with Gasteiger partial charge in [0.2, 0.25) is 5.91 Å². The maximum Gasteiger partial charge on any atom is 0.228 e. The van der Waals surface area contributed by atoms with Crippen molar-refractivity contribution in [3.63, 3.8) is 0 Å². The second kappa shape index (κ2) is 7.97. The number of nitrogens with zero attached hydrogens (tertiary/aromatic N) is 2. The Kier molecular flexibility index (Phi) is 4.87. The van der Waals surface area contributed by atoms with E-state index in [0.717, 1.165) is 33.0 Å². The molecule has 0 aliphatic heterocycles. The zero-order chi connectivity index (χ0) is 20.3. The van der Waals surface area contributed by atoms with Gasteiger partial charge in [0.05, 0.1) is 12.1 Å². The first-order valence-corrected chi connectivity index (χ1v) is 10.6. The molecule has 0 saturated carbocycles. The molecular formula is C25H19N3OS. The molecular weight excluding hydrogens is 390 g/mol. The standard InChI is InChI=1S/C25H19N3OS/c29-24(15-18-9-11-20(12-10-18)19-5-2-1-3-6-19)26-22-8-4-7-21(16-22)23-17-28-13-14-30-25(28)27-23/h1-14,16-17H,15H2,(H,26,29). The molecule has 5 rings (SSSR count). The topological polar surface area (TPSA) is 46.4 Å². The lowest BCUT2D eigenvalue weighted by molar-refractivity contribution is -0.115. The molecule has 3 aromatic carbocycles. The van der Waals surface area contributed by atoms with Crippen molar-refractivity contribution >= 4 is 27.9 Å². The number of anilines is 1. The average molecular weight is 410 g/mol. The predicted octanol–water partition coefficient (Wildman–Crippen LogP) is 5.91. The molecule has 0 unspecified atom stereocenters. The molecule has 1 amide bonds. The van der Waals surface area contributed by atoms with Crippen molar-refractivity contribution < 1.29 is 4.79 Å². The first-order valence-electron chi connectivity index (χ1n) is 9.71. The molecule has 4 nitrogen and oxygen atoms in total. The summed E-state index contributed by atoms with van der Waals surface area (Å²) in [6.45, 7) is 0. The number of carbonyl (C=O) groups excluding carboxylic acids is 1. The second-order valence-electron chi connectivity index (χ2n) is 7.09. The fourth-order valence-electron chi connectivity index (χ4n) is 3.46. The lowest BCUT2D eigenvalue weighted by Crippen LogP contribution is -2.14. The summed E-state index contributed by atoms with van der Waals surface area (Å²) in [6, 6.07) is 26.2. The molecule has 146 valence electrons. The minimum Gasteiger partial charge on any atom is -0.326 e. The van der Waals surface area contributed by atoms with Crippen LogP contribution in [0, 0.1) is 0 Å². The van der Waals surface area contributed by atoms with Crippen molar-refractivity contribution in [1.29, 1.82) is 0 Å². The third-order valence-electron chi connectivity index (χ3n) is 4.96.